The number of anilines is 2. The van der Waals surface area contributed by atoms with E-state index in [2.05, 4.69) is 10.3 Å². The van der Waals surface area contributed by atoms with Crippen LogP contribution in [0.25, 0.3) is 0 Å². The third-order valence-corrected chi connectivity index (χ3v) is 4.62. The molecule has 1 fully saturated rings. The monoisotopic (exact) mass is 288 g/mol. The first-order valence-electron chi connectivity index (χ1n) is 7.11. The summed E-state index contributed by atoms with van der Waals surface area (Å²) in [7, 11) is 0. The van der Waals surface area contributed by atoms with Gasteiger partial charge in [0.1, 0.15) is 0 Å². The first-order chi connectivity index (χ1) is 10.1. The Balaban J connectivity index is 1.77. The fraction of sp³-hybridized carbons (Fsp3) is 0.312. The number of nitrogens with one attached hydrogen (secondary N) is 2. The molecule has 2 aliphatic rings. The number of hydrogen-bond donors (Lipinski definition) is 2. The van der Waals surface area contributed by atoms with Gasteiger partial charge < -0.3 is 10.3 Å². The molecule has 1 saturated carbocycles. The molecule has 0 spiro atoms. The Morgan fingerprint density at radius 3 is 2.62 bits per heavy atom. The van der Waals surface area contributed by atoms with Crippen molar-refractivity contribution in [2.75, 3.05) is 5.32 Å². The zero-order valence-electron chi connectivity index (χ0n) is 11.2. The number of rotatable bonds is 2. The molecule has 108 valence electrons. The van der Waals surface area contributed by atoms with Gasteiger partial charge >= 0.3 is 0 Å². The smallest absolute Gasteiger partial charge is 0.251 e. The van der Waals surface area contributed by atoms with E-state index < -0.39 is 11.6 Å². The molecule has 0 amide bonds. The van der Waals surface area contributed by atoms with Crippen LogP contribution in [0.1, 0.15) is 42.2 Å². The molecule has 0 saturated heterocycles. The molecule has 0 radical (unpaired) electrons. The number of fused-ring (bicyclic) bond motifs is 5. The lowest BCUT2D eigenvalue weighted by atomic mass is 9.92. The van der Waals surface area contributed by atoms with Crippen LogP contribution in [0.3, 0.4) is 0 Å². The highest BCUT2D eigenvalue weighted by molar-refractivity contribution is 5.66. The number of halogens is 2. The van der Waals surface area contributed by atoms with Crippen molar-refractivity contribution in [1.29, 1.82) is 0 Å². The maximum atomic E-state index is 13.3. The van der Waals surface area contributed by atoms with Crippen molar-refractivity contribution < 1.29 is 8.78 Å². The third kappa shape index (κ3) is 1.87. The van der Waals surface area contributed by atoms with Crippen molar-refractivity contribution in [2.45, 2.75) is 31.1 Å². The molecule has 3 nitrogen and oxygen atoms in total. The molecule has 1 aromatic heterocycles. The highest BCUT2D eigenvalue weighted by atomic mass is 19.2. The molecule has 1 aromatic carbocycles. The van der Waals surface area contributed by atoms with Crippen LogP contribution in [0.15, 0.2) is 29.2 Å². The van der Waals surface area contributed by atoms with Crippen molar-refractivity contribution in [1.82, 2.24) is 4.98 Å². The summed E-state index contributed by atoms with van der Waals surface area (Å²) < 4.78 is 26.3. The second-order valence-corrected chi connectivity index (χ2v) is 5.82. The molecule has 2 atom stereocenters. The van der Waals surface area contributed by atoms with E-state index in [1.807, 2.05) is 0 Å². The minimum Gasteiger partial charge on any atom is -0.354 e. The van der Waals surface area contributed by atoms with E-state index in [-0.39, 0.29) is 5.56 Å². The standard InChI is InChI=1S/C16H14F2N2O/c17-11-4-3-10(6-12(11)18)20-13-7-19-16(21)15-9-2-1-8(5-9)14(13)15/h3-4,6-9,20H,1-2,5H2,(H,19,21). The fourth-order valence-electron chi connectivity index (χ4n) is 3.74. The first-order valence-corrected chi connectivity index (χ1v) is 7.11. The SMILES string of the molecule is O=c1[nH]cc(Nc2ccc(F)c(F)c2)c2c1C1CCC2C1. The maximum Gasteiger partial charge on any atom is 0.251 e. The fourth-order valence-corrected chi connectivity index (χ4v) is 3.74. The van der Waals surface area contributed by atoms with E-state index in [4.69, 9.17) is 0 Å². The molecule has 1 heterocycles. The van der Waals surface area contributed by atoms with Crippen LogP contribution in [0.4, 0.5) is 20.2 Å². The predicted octanol–water partition coefficient (Wildman–Crippen LogP) is 3.76. The topological polar surface area (TPSA) is 44.9 Å². The lowest BCUT2D eigenvalue weighted by Crippen LogP contribution is -2.18. The van der Waals surface area contributed by atoms with E-state index >= 15 is 0 Å². The Morgan fingerprint density at radius 2 is 1.86 bits per heavy atom. The van der Waals surface area contributed by atoms with E-state index in [1.165, 1.54) is 6.07 Å². The van der Waals surface area contributed by atoms with Crippen LogP contribution >= 0.6 is 0 Å². The summed E-state index contributed by atoms with van der Waals surface area (Å²) in [5.41, 5.74) is 3.18. The summed E-state index contributed by atoms with van der Waals surface area (Å²) in [6.45, 7) is 0. The van der Waals surface area contributed by atoms with Gasteiger partial charge in [0.05, 0.1) is 5.69 Å². The van der Waals surface area contributed by atoms with Crippen molar-refractivity contribution >= 4 is 11.4 Å². The lowest BCUT2D eigenvalue weighted by Gasteiger charge is -2.19. The molecule has 0 aliphatic heterocycles. The summed E-state index contributed by atoms with van der Waals surface area (Å²) in [5.74, 6) is -1.01. The Morgan fingerprint density at radius 1 is 1.10 bits per heavy atom. The van der Waals surface area contributed by atoms with Gasteiger partial charge in [-0.3, -0.25) is 4.79 Å². The van der Waals surface area contributed by atoms with Gasteiger partial charge in [0.25, 0.3) is 5.56 Å². The van der Waals surface area contributed by atoms with Crippen molar-refractivity contribution in [3.63, 3.8) is 0 Å². The molecule has 2 N–H and O–H groups in total. The highest BCUT2D eigenvalue weighted by Gasteiger charge is 2.40. The van der Waals surface area contributed by atoms with Crippen molar-refractivity contribution in [3.05, 3.63) is 57.5 Å². The summed E-state index contributed by atoms with van der Waals surface area (Å²) in [6.07, 6.45) is 4.81. The van der Waals surface area contributed by atoms with Crippen LogP contribution in [-0.4, -0.2) is 4.98 Å². The van der Waals surface area contributed by atoms with Crippen LogP contribution in [0.2, 0.25) is 0 Å². The largest absolute Gasteiger partial charge is 0.354 e. The second kappa shape index (κ2) is 4.41. The molecular formula is C16H14F2N2O. The van der Waals surface area contributed by atoms with Crippen molar-refractivity contribution in [3.8, 4) is 0 Å². The molecule has 4 rings (SSSR count). The van der Waals surface area contributed by atoms with E-state index in [1.54, 1.807) is 6.20 Å². The Hall–Kier alpha value is -2.17. The molecule has 2 aromatic rings. The third-order valence-electron chi connectivity index (χ3n) is 4.62. The predicted molar refractivity (Wildman–Crippen MR) is 76.0 cm³/mol. The number of benzene rings is 1. The Labute approximate surface area is 120 Å². The van der Waals surface area contributed by atoms with Gasteiger partial charge in [0.2, 0.25) is 0 Å². The number of pyridine rings is 1. The maximum absolute atomic E-state index is 13.3. The molecule has 2 aliphatic carbocycles. The van der Waals surface area contributed by atoms with Gasteiger partial charge in [-0.2, -0.15) is 0 Å². The van der Waals surface area contributed by atoms with Crippen LogP contribution in [0, 0.1) is 11.6 Å². The molecular weight excluding hydrogens is 274 g/mol. The first kappa shape index (κ1) is 12.6. The highest BCUT2D eigenvalue weighted by Crippen LogP contribution is 2.53. The van der Waals surface area contributed by atoms with Crippen LogP contribution < -0.4 is 10.9 Å². The zero-order valence-corrected chi connectivity index (χ0v) is 11.2. The zero-order chi connectivity index (χ0) is 14.6. The van der Waals surface area contributed by atoms with Gasteiger partial charge in [-0.05, 0) is 48.8 Å². The van der Waals surface area contributed by atoms with Gasteiger partial charge in [-0.1, -0.05) is 0 Å². The second-order valence-electron chi connectivity index (χ2n) is 5.82. The Kier molecular flexibility index (Phi) is 2.64. The molecule has 2 bridgehead atoms. The van der Waals surface area contributed by atoms with Gasteiger partial charge in [-0.15, -0.1) is 0 Å². The van der Waals surface area contributed by atoms with E-state index in [0.29, 0.717) is 17.5 Å². The number of aromatic nitrogens is 1. The minimum atomic E-state index is -0.886. The lowest BCUT2D eigenvalue weighted by molar-refractivity contribution is 0.509. The van der Waals surface area contributed by atoms with Gasteiger partial charge in [-0.25, -0.2) is 8.78 Å². The van der Waals surface area contributed by atoms with E-state index in [0.717, 1.165) is 48.2 Å². The van der Waals surface area contributed by atoms with Crippen LogP contribution in [-0.2, 0) is 0 Å². The minimum absolute atomic E-state index is 0.0203. The summed E-state index contributed by atoms with van der Waals surface area (Å²) in [5, 5.41) is 3.11. The number of aromatic amines is 1. The molecule has 2 unspecified atom stereocenters. The Bertz CT molecular complexity index is 784. The van der Waals surface area contributed by atoms with E-state index in [9.17, 15) is 13.6 Å². The summed E-state index contributed by atoms with van der Waals surface area (Å²) in [6, 6.07) is 3.71. The normalized spacial score (nSPS) is 22.4. The summed E-state index contributed by atoms with van der Waals surface area (Å²) in [4.78, 5) is 14.8. The van der Waals surface area contributed by atoms with Crippen molar-refractivity contribution in [2.24, 2.45) is 0 Å². The quantitative estimate of drug-likeness (QED) is 0.883. The number of H-pyrrole nitrogens is 1. The summed E-state index contributed by atoms with van der Waals surface area (Å²) >= 11 is 0. The van der Waals surface area contributed by atoms with Gasteiger partial charge in [0, 0.05) is 23.5 Å². The van der Waals surface area contributed by atoms with Crippen LogP contribution in [0.5, 0.6) is 0 Å². The average Bonchev–Trinajstić information content (AvgIpc) is 3.07. The molecule has 5 heteroatoms. The van der Waals surface area contributed by atoms with Gasteiger partial charge in [0.15, 0.2) is 11.6 Å². The average molecular weight is 288 g/mol. The number of hydrogen-bond acceptors (Lipinski definition) is 2. The molecule has 21 heavy (non-hydrogen) atoms.